The van der Waals surface area contributed by atoms with Crippen molar-refractivity contribution in [1.82, 2.24) is 4.98 Å². The standard InChI is InChI=1S/C24H25N3O3S/c1-5-17-18(12-25)23(27-19-10-24(3,4)11-20(29)22(17)19)31-13-21(30)26-16-8-6-7-15(9-16)14(2)28/h6-9H,5,10-11,13H2,1-4H3,(H,26,30). The van der Waals surface area contributed by atoms with Crippen molar-refractivity contribution < 1.29 is 14.4 Å². The Bertz CT molecular complexity index is 1120. The van der Waals surface area contributed by atoms with Gasteiger partial charge >= 0.3 is 0 Å². The molecule has 160 valence electrons. The molecule has 1 amide bonds. The number of benzene rings is 1. The van der Waals surface area contributed by atoms with Crippen LogP contribution < -0.4 is 5.32 Å². The summed E-state index contributed by atoms with van der Waals surface area (Å²) in [7, 11) is 0. The number of hydrogen-bond acceptors (Lipinski definition) is 6. The van der Waals surface area contributed by atoms with E-state index in [9.17, 15) is 19.6 Å². The minimum absolute atomic E-state index is 0.0340. The van der Waals surface area contributed by atoms with Crippen molar-refractivity contribution in [3.8, 4) is 6.07 Å². The minimum Gasteiger partial charge on any atom is -0.325 e. The number of fused-ring (bicyclic) bond motifs is 1. The zero-order valence-corrected chi connectivity index (χ0v) is 19.0. The summed E-state index contributed by atoms with van der Waals surface area (Å²) in [6, 6.07) is 8.95. The highest BCUT2D eigenvalue weighted by Gasteiger charge is 2.35. The number of nitriles is 1. The Balaban J connectivity index is 1.84. The van der Waals surface area contributed by atoms with Crippen LogP contribution in [0.15, 0.2) is 29.3 Å². The molecule has 0 atom stereocenters. The Morgan fingerprint density at radius 3 is 2.68 bits per heavy atom. The van der Waals surface area contributed by atoms with Gasteiger partial charge in [0.2, 0.25) is 5.91 Å². The smallest absolute Gasteiger partial charge is 0.234 e. The minimum atomic E-state index is -0.261. The summed E-state index contributed by atoms with van der Waals surface area (Å²) in [5.74, 6) is -0.243. The van der Waals surface area contributed by atoms with Crippen LogP contribution in [0.4, 0.5) is 5.69 Å². The van der Waals surface area contributed by atoms with Crippen LogP contribution in [-0.4, -0.2) is 28.2 Å². The molecule has 0 saturated carbocycles. The fourth-order valence-corrected chi connectivity index (χ4v) is 4.71. The largest absolute Gasteiger partial charge is 0.325 e. The molecule has 0 aliphatic heterocycles. The number of thioether (sulfide) groups is 1. The van der Waals surface area contributed by atoms with Gasteiger partial charge < -0.3 is 5.32 Å². The van der Waals surface area contributed by atoms with Crippen molar-refractivity contribution in [2.24, 2.45) is 5.41 Å². The average molecular weight is 436 g/mol. The molecule has 1 aromatic heterocycles. The zero-order chi connectivity index (χ0) is 22.8. The summed E-state index contributed by atoms with van der Waals surface area (Å²) >= 11 is 1.19. The molecule has 1 N–H and O–H groups in total. The Labute approximate surface area is 186 Å². The van der Waals surface area contributed by atoms with Gasteiger partial charge in [0.25, 0.3) is 0 Å². The molecule has 0 spiro atoms. The van der Waals surface area contributed by atoms with Crippen LogP contribution in [0.1, 0.15) is 71.7 Å². The number of rotatable bonds is 6. The average Bonchev–Trinajstić information content (AvgIpc) is 2.70. The Morgan fingerprint density at radius 2 is 2.03 bits per heavy atom. The van der Waals surface area contributed by atoms with Gasteiger partial charge in [-0.15, -0.1) is 0 Å². The van der Waals surface area contributed by atoms with Crippen LogP contribution in [0.25, 0.3) is 0 Å². The van der Waals surface area contributed by atoms with Crippen molar-refractivity contribution in [2.75, 3.05) is 11.1 Å². The van der Waals surface area contributed by atoms with E-state index in [0.29, 0.717) is 52.4 Å². The fourth-order valence-electron chi connectivity index (χ4n) is 3.88. The van der Waals surface area contributed by atoms with Crippen LogP contribution in [0.3, 0.4) is 0 Å². The number of amides is 1. The van der Waals surface area contributed by atoms with Crippen molar-refractivity contribution in [3.05, 3.63) is 52.2 Å². The first kappa shape index (κ1) is 22.7. The molecule has 6 nitrogen and oxygen atoms in total. The van der Waals surface area contributed by atoms with Gasteiger partial charge in [-0.1, -0.05) is 44.7 Å². The number of pyridine rings is 1. The number of ketones is 2. The summed E-state index contributed by atoms with van der Waals surface area (Å²) < 4.78 is 0. The van der Waals surface area contributed by atoms with Gasteiger partial charge in [0, 0.05) is 23.2 Å². The number of nitrogens with zero attached hydrogens (tertiary/aromatic N) is 2. The third-order valence-corrected chi connectivity index (χ3v) is 6.24. The lowest BCUT2D eigenvalue weighted by Gasteiger charge is -2.31. The molecule has 7 heteroatoms. The van der Waals surface area contributed by atoms with E-state index in [0.717, 1.165) is 5.56 Å². The van der Waals surface area contributed by atoms with E-state index in [4.69, 9.17) is 0 Å². The predicted molar refractivity (Wildman–Crippen MR) is 121 cm³/mol. The molecular weight excluding hydrogens is 410 g/mol. The quantitative estimate of drug-likeness (QED) is 0.526. The number of carbonyl (C=O) groups is 3. The second kappa shape index (κ2) is 9.03. The van der Waals surface area contributed by atoms with Gasteiger partial charge in [-0.3, -0.25) is 14.4 Å². The van der Waals surface area contributed by atoms with Crippen LogP contribution in [0, 0.1) is 16.7 Å². The molecule has 0 saturated heterocycles. The molecule has 1 aliphatic carbocycles. The van der Waals surface area contributed by atoms with E-state index in [-0.39, 0.29) is 28.6 Å². The molecule has 1 heterocycles. The highest BCUT2D eigenvalue weighted by atomic mass is 32.2. The monoisotopic (exact) mass is 435 g/mol. The lowest BCUT2D eigenvalue weighted by atomic mass is 9.74. The molecule has 2 aromatic rings. The van der Waals surface area contributed by atoms with Crippen LogP contribution in [0.5, 0.6) is 0 Å². The normalized spacial score (nSPS) is 14.5. The molecule has 3 rings (SSSR count). The maximum atomic E-state index is 12.8. The van der Waals surface area contributed by atoms with E-state index in [1.165, 1.54) is 18.7 Å². The second-order valence-corrected chi connectivity index (χ2v) is 9.44. The maximum Gasteiger partial charge on any atom is 0.234 e. The topological polar surface area (TPSA) is 99.9 Å². The van der Waals surface area contributed by atoms with E-state index >= 15 is 0 Å². The van der Waals surface area contributed by atoms with E-state index < -0.39 is 0 Å². The summed E-state index contributed by atoms with van der Waals surface area (Å²) in [5.41, 5.74) is 3.29. The van der Waals surface area contributed by atoms with Crippen molar-refractivity contribution in [3.63, 3.8) is 0 Å². The number of nitrogens with one attached hydrogen (secondary N) is 1. The lowest BCUT2D eigenvalue weighted by Crippen LogP contribution is -2.29. The van der Waals surface area contributed by atoms with Crippen molar-refractivity contribution in [1.29, 1.82) is 5.26 Å². The van der Waals surface area contributed by atoms with Crippen molar-refractivity contribution >= 4 is 34.9 Å². The van der Waals surface area contributed by atoms with E-state index in [1.54, 1.807) is 24.3 Å². The summed E-state index contributed by atoms with van der Waals surface area (Å²) in [6.07, 6.45) is 1.65. The molecule has 0 unspecified atom stereocenters. The Kier molecular flexibility index (Phi) is 6.61. The van der Waals surface area contributed by atoms with E-state index in [2.05, 4.69) is 16.4 Å². The molecule has 1 aliphatic rings. The highest BCUT2D eigenvalue weighted by Crippen LogP contribution is 2.38. The van der Waals surface area contributed by atoms with Crippen LogP contribution in [0.2, 0.25) is 0 Å². The summed E-state index contributed by atoms with van der Waals surface area (Å²) in [6.45, 7) is 7.47. The van der Waals surface area contributed by atoms with Gasteiger partial charge in [0.05, 0.1) is 17.0 Å². The van der Waals surface area contributed by atoms with Gasteiger partial charge in [0.1, 0.15) is 11.1 Å². The predicted octanol–water partition coefficient (Wildman–Crippen LogP) is 4.60. The maximum absolute atomic E-state index is 12.8. The van der Waals surface area contributed by atoms with Gasteiger partial charge in [-0.05, 0) is 42.9 Å². The number of Topliss-reactive ketones (excluding diaryl/α,β-unsaturated/α-hetero) is 2. The number of anilines is 1. The van der Waals surface area contributed by atoms with Crippen LogP contribution >= 0.6 is 11.8 Å². The van der Waals surface area contributed by atoms with Crippen LogP contribution in [-0.2, 0) is 17.6 Å². The number of carbonyl (C=O) groups excluding carboxylic acids is 3. The summed E-state index contributed by atoms with van der Waals surface area (Å²) in [5, 5.41) is 13.0. The molecule has 0 radical (unpaired) electrons. The first-order valence-electron chi connectivity index (χ1n) is 10.2. The van der Waals surface area contributed by atoms with E-state index in [1.807, 2.05) is 20.8 Å². The van der Waals surface area contributed by atoms with Gasteiger partial charge in [0.15, 0.2) is 11.6 Å². The lowest BCUT2D eigenvalue weighted by molar-refractivity contribution is -0.113. The Morgan fingerprint density at radius 1 is 1.29 bits per heavy atom. The molecule has 31 heavy (non-hydrogen) atoms. The van der Waals surface area contributed by atoms with Crippen molar-refractivity contribution in [2.45, 2.75) is 52.0 Å². The SMILES string of the molecule is CCc1c(C#N)c(SCC(=O)Nc2cccc(C(C)=O)c2)nc2c1C(=O)CC(C)(C)C2. The molecule has 1 aromatic carbocycles. The number of aromatic nitrogens is 1. The third kappa shape index (κ3) is 5.02. The second-order valence-electron chi connectivity index (χ2n) is 8.47. The van der Waals surface area contributed by atoms with Gasteiger partial charge in [-0.2, -0.15) is 5.26 Å². The fraction of sp³-hybridized carbons (Fsp3) is 0.375. The molecule has 0 fully saturated rings. The Hall–Kier alpha value is -2.98. The molecular formula is C24H25N3O3S. The highest BCUT2D eigenvalue weighted by molar-refractivity contribution is 8.00. The van der Waals surface area contributed by atoms with Gasteiger partial charge in [-0.25, -0.2) is 4.98 Å². The first-order chi connectivity index (χ1) is 14.6. The third-order valence-electron chi connectivity index (χ3n) is 5.26. The molecule has 0 bridgehead atoms. The summed E-state index contributed by atoms with van der Waals surface area (Å²) in [4.78, 5) is 41.4. The number of hydrogen-bond donors (Lipinski definition) is 1. The zero-order valence-electron chi connectivity index (χ0n) is 18.2. The first-order valence-corrected chi connectivity index (χ1v) is 11.2.